The number of amides is 8. The van der Waals surface area contributed by atoms with Crippen LogP contribution in [0.5, 0.6) is 0 Å². The molecule has 7 unspecified atom stereocenters. The Bertz CT molecular complexity index is 2580. The molecule has 8 amide bonds. The predicted octanol–water partition coefficient (Wildman–Crippen LogP) is -1.50. The lowest BCUT2D eigenvalue weighted by Gasteiger charge is -2.42. The number of unbranched alkanes of at least 4 members (excludes halogenated alkanes) is 9. The lowest BCUT2D eigenvalue weighted by atomic mass is 9.97. The van der Waals surface area contributed by atoms with Gasteiger partial charge in [0.05, 0.1) is 50.7 Å². The van der Waals surface area contributed by atoms with Gasteiger partial charge in [-0.2, -0.15) is 0 Å². The third kappa shape index (κ3) is 32.6. The number of aliphatic hydroxyl groups is 7. The van der Waals surface area contributed by atoms with E-state index in [0.29, 0.717) is 109 Å². The first-order chi connectivity index (χ1) is 47.1. The van der Waals surface area contributed by atoms with E-state index < -0.39 is 156 Å². The topological polar surface area (TPSA) is 531 Å². The van der Waals surface area contributed by atoms with Crippen LogP contribution in [0, 0.1) is 0 Å². The molecule has 0 aromatic rings. The van der Waals surface area contributed by atoms with Crippen molar-refractivity contribution in [2.45, 2.75) is 253 Å². The van der Waals surface area contributed by atoms with Gasteiger partial charge < -0.3 is 107 Å². The smallest absolute Gasteiger partial charge is 0.394 e. The minimum absolute atomic E-state index is 0.00333. The number of phosphoric acid groups is 1. The van der Waals surface area contributed by atoms with Gasteiger partial charge in [0.25, 0.3) is 0 Å². The highest BCUT2D eigenvalue weighted by Crippen LogP contribution is 2.53. The van der Waals surface area contributed by atoms with Gasteiger partial charge in [-0.05, 0) is 103 Å². The number of β-amino-alcohol motifs (C(OH)–C–C–N with tert-alkyl or cyclic N) is 1. The summed E-state index contributed by atoms with van der Waals surface area (Å²) in [5, 5.41) is 96.4. The third-order valence-electron chi connectivity index (χ3n) is 17.1. The van der Waals surface area contributed by atoms with Crippen molar-refractivity contribution >= 4 is 74.1 Å². The molecule has 4 rings (SSSR count). The molecule has 17 atom stereocenters. The van der Waals surface area contributed by atoms with E-state index in [1.54, 1.807) is 0 Å². The summed E-state index contributed by atoms with van der Waals surface area (Å²) in [4.78, 5) is 116. The number of phosphoric ester groups is 1. The molecule has 39 heteroatoms. The number of nitrogens with two attached hydrogens (primary N) is 1. The normalized spacial score (nSPS) is 27.0. The average Bonchev–Trinajstić information content (AvgIpc) is 1.50. The van der Waals surface area contributed by atoms with Crippen LogP contribution in [0.1, 0.15) is 162 Å². The maximum Gasteiger partial charge on any atom is 0.472 e. The Balaban J connectivity index is 1.14. The Morgan fingerprint density at radius 2 is 1.03 bits per heavy atom. The molecule has 17 N–H and O–H groups in total. The molecule has 0 aliphatic carbocycles. The van der Waals surface area contributed by atoms with Gasteiger partial charge in [-0.3, -0.25) is 51.9 Å². The van der Waals surface area contributed by atoms with Gasteiger partial charge in [0.1, 0.15) is 54.7 Å². The molecule has 0 aromatic heterocycles. The molecule has 0 spiro atoms. The number of nitrogens with zero attached hydrogens (tertiary/aromatic N) is 2. The number of likely N-dealkylation sites (tertiary alicyclic amines) is 2. The van der Waals surface area contributed by atoms with Crippen molar-refractivity contribution < 1.29 is 131 Å². The maximum absolute atomic E-state index is 13.5. The van der Waals surface area contributed by atoms with Crippen LogP contribution in [0.25, 0.3) is 0 Å². The maximum atomic E-state index is 13.5. The summed E-state index contributed by atoms with van der Waals surface area (Å²) in [6.45, 7) is -2.47. The van der Waals surface area contributed by atoms with E-state index in [-0.39, 0.29) is 114 Å². The summed E-state index contributed by atoms with van der Waals surface area (Å²) in [5.74, 6) is -2.91. The Hall–Kier alpha value is -4.15. The summed E-state index contributed by atoms with van der Waals surface area (Å²) < 4.78 is 67.5. The van der Waals surface area contributed by atoms with E-state index in [2.05, 4.69) is 48.8 Å². The predicted molar refractivity (Wildman–Crippen MR) is 353 cm³/mol. The number of aliphatic hydroxyl groups excluding tert-OH is 7. The first kappa shape index (κ1) is 87.3. The van der Waals surface area contributed by atoms with Crippen LogP contribution in [0.15, 0.2) is 0 Å². The van der Waals surface area contributed by atoms with Crippen molar-refractivity contribution in [3.63, 3.8) is 0 Å². The van der Waals surface area contributed by atoms with Crippen molar-refractivity contribution in [1.82, 2.24) is 41.7 Å². The second-order valence-corrected chi connectivity index (χ2v) is 29.4. The summed E-state index contributed by atoms with van der Waals surface area (Å²) in [6, 6.07) is -4.68. The van der Waals surface area contributed by atoms with Crippen molar-refractivity contribution in [2.75, 3.05) is 78.9 Å². The first-order valence-electron chi connectivity index (χ1n) is 34.2. The summed E-state index contributed by atoms with van der Waals surface area (Å²) in [7, 11) is -4.80. The van der Waals surface area contributed by atoms with Crippen molar-refractivity contribution in [1.29, 1.82) is 0 Å². The third-order valence-corrected chi connectivity index (χ3v) is 19.4. The molecule has 4 aliphatic rings. The molecular weight excluding hydrogens is 1370 g/mol. The number of hydrogen-bond donors (Lipinski definition) is 17. The first-order valence-corrected chi connectivity index (χ1v) is 38.4. The zero-order chi connectivity index (χ0) is 73.1. The van der Waals surface area contributed by atoms with Crippen LogP contribution in [-0.4, -0.2) is 273 Å². The molecule has 0 saturated carbocycles. The fourth-order valence-corrected chi connectivity index (χ4v) is 13.4. The highest BCUT2D eigenvalue weighted by molar-refractivity contribution is 8.44. The zero-order valence-corrected chi connectivity index (χ0v) is 59.3. The summed E-state index contributed by atoms with van der Waals surface area (Å²) in [6.07, 6.45) is -4.11. The van der Waals surface area contributed by atoms with E-state index in [1.165, 1.54) is 23.6 Å². The fraction of sp³-hybridized carbons (Fsp3) is 0.867. The number of ether oxygens (including phenoxy) is 4. The second kappa shape index (κ2) is 46.5. The minimum atomic E-state index is -4.80. The molecule has 4 aliphatic heterocycles. The van der Waals surface area contributed by atoms with E-state index in [4.69, 9.17) is 43.5 Å². The lowest BCUT2D eigenvalue weighted by Crippen LogP contribution is -2.64. The van der Waals surface area contributed by atoms with Crippen molar-refractivity contribution in [3.05, 3.63) is 0 Å². The number of hydrogen-bond acceptors (Lipinski definition) is 27. The molecule has 4 fully saturated rings. The van der Waals surface area contributed by atoms with Gasteiger partial charge in [0, 0.05) is 91.9 Å². The quantitative estimate of drug-likeness (QED) is 0.0108. The molecular formula is C60H109N9O27P2S. The highest BCUT2D eigenvalue weighted by atomic mass is 32.7. The van der Waals surface area contributed by atoms with E-state index in [0.717, 1.165) is 0 Å². The number of rotatable bonds is 49. The number of thiol groups is 1. The highest BCUT2D eigenvalue weighted by Gasteiger charge is 2.47. The van der Waals surface area contributed by atoms with Gasteiger partial charge in [-0.1, -0.05) is 31.5 Å². The SMILES string of the molecule is CC(=O)NC1[C@H](OCCCCC(=O)NCCCC[C@H](NC(=O)CCCCOC2OC(CO)[C@H](O)[C@H](O)[C@@H]2NC(C)=O)C(=O)NCCCCCC(=O)NCCCCCC(=O)N2C[C@H](O)C[C@H]2COP(=O)(O)O[C@@H]2C[C@@H](COP(=O)(S)OO)N(C(=O)CCCCCN)C2)OC(CO)C(O)[C@H]1O. The molecule has 4 saturated heterocycles. The van der Waals surface area contributed by atoms with Crippen LogP contribution < -0.4 is 37.6 Å². The number of carbonyl (C=O) groups is 8. The monoisotopic (exact) mass is 1480 g/mol. The van der Waals surface area contributed by atoms with Gasteiger partial charge in [0.2, 0.25) is 47.3 Å². The molecule has 36 nitrogen and oxygen atoms in total. The van der Waals surface area contributed by atoms with Crippen LogP contribution in [0.2, 0.25) is 0 Å². The molecule has 572 valence electrons. The largest absolute Gasteiger partial charge is 0.472 e. The van der Waals surface area contributed by atoms with Gasteiger partial charge in [-0.15, -0.1) is 4.67 Å². The Morgan fingerprint density at radius 1 is 0.576 bits per heavy atom. The Kier molecular flexibility index (Phi) is 41.0. The average molecular weight is 1480 g/mol. The second-order valence-electron chi connectivity index (χ2n) is 25.2. The van der Waals surface area contributed by atoms with E-state index in [1.807, 2.05) is 0 Å². The van der Waals surface area contributed by atoms with Crippen LogP contribution in [0.4, 0.5) is 0 Å². The van der Waals surface area contributed by atoms with Gasteiger partial charge in [-0.25, -0.2) is 14.4 Å². The Labute approximate surface area is 582 Å². The number of nitrogens with one attached hydrogen (secondary N) is 6. The van der Waals surface area contributed by atoms with Gasteiger partial charge in [0.15, 0.2) is 12.6 Å². The summed E-state index contributed by atoms with van der Waals surface area (Å²) in [5.41, 5.74) is 5.55. The molecule has 0 radical (unpaired) electrons. The van der Waals surface area contributed by atoms with E-state index >= 15 is 0 Å². The fourth-order valence-electron chi connectivity index (χ4n) is 11.8. The van der Waals surface area contributed by atoms with Crippen molar-refractivity contribution in [2.24, 2.45) is 5.73 Å². The van der Waals surface area contributed by atoms with Crippen LogP contribution >= 0.6 is 26.9 Å². The van der Waals surface area contributed by atoms with Crippen LogP contribution in [-0.2, 0) is 84.7 Å². The molecule has 0 aromatic carbocycles. The van der Waals surface area contributed by atoms with Gasteiger partial charge >= 0.3 is 14.6 Å². The minimum Gasteiger partial charge on any atom is -0.394 e. The van der Waals surface area contributed by atoms with Crippen LogP contribution in [0.3, 0.4) is 0 Å². The molecule has 4 heterocycles. The summed E-state index contributed by atoms with van der Waals surface area (Å²) >= 11 is 3.63. The lowest BCUT2D eigenvalue weighted by molar-refractivity contribution is -0.270. The standard InChI is InChI=1S/C60H109N9O27P2S/c1-38(72)65-52-56(82)54(80)45(34-70)93-59(52)89-28-16-10-20-48(76)63-26-15-9-18-44(67-49(77)21-11-17-29-90-60-53(66-39(2)73)57(83)55(81)46(35-71)94-60)58(84)64-27-14-4-6-19-47(75)62-25-13-5-8-23-50(78)68-32-42(74)30-40(68)36-91-97(86,87)95-43-31-41(37-92-98(88,99)96-85)69(33-43)51(79)22-7-3-12-24-61/h40-46,52-57,59-60,70-71,74,80-83,85H,3-37,61H2,1-2H3,(H,62,75)(H,63,76)(H,64,84)(H,65,72)(H,66,73)(H,67,77)(H,86,87)(H,88,99)/t40-,41-,42+,43+,44-,45?,46?,52?,53-,54?,55-,56-,57+,59+,60?,98?/m0/s1. The molecule has 0 bridgehead atoms. The molecule has 99 heavy (non-hydrogen) atoms. The van der Waals surface area contributed by atoms with E-state index in [9.17, 15) is 88.1 Å². The Morgan fingerprint density at radius 3 is 1.54 bits per heavy atom. The van der Waals surface area contributed by atoms with Crippen molar-refractivity contribution in [3.8, 4) is 0 Å². The number of carbonyl (C=O) groups excluding carboxylic acids is 8. The zero-order valence-electron chi connectivity index (χ0n) is 56.6.